The van der Waals surface area contributed by atoms with E-state index in [-0.39, 0.29) is 16.1 Å². The summed E-state index contributed by atoms with van der Waals surface area (Å²) in [5.41, 5.74) is 6.14. The Labute approximate surface area is 109 Å². The number of aryl methyl sites for hydroxylation is 1. The molecule has 0 unspecified atom stereocenters. The fourth-order valence-corrected chi connectivity index (χ4v) is 3.38. The number of rotatable bonds is 3. The molecule has 0 spiro atoms. The highest BCUT2D eigenvalue weighted by Gasteiger charge is 2.23. The van der Waals surface area contributed by atoms with Crippen molar-refractivity contribution in [2.24, 2.45) is 0 Å². The predicted molar refractivity (Wildman–Crippen MR) is 69.7 cm³/mol. The van der Waals surface area contributed by atoms with Crippen LogP contribution in [0.25, 0.3) is 0 Å². The molecule has 0 bridgehead atoms. The number of aromatic amines is 1. The Morgan fingerprint density at radius 1 is 1.42 bits per heavy atom. The fourth-order valence-electron chi connectivity index (χ4n) is 1.86. The second-order valence-corrected chi connectivity index (χ2v) is 5.75. The molecular weight excluding hydrogens is 271 g/mol. The molecule has 0 aliphatic rings. The number of sulfonamides is 1. The van der Waals surface area contributed by atoms with Crippen molar-refractivity contribution in [2.45, 2.75) is 18.7 Å². The maximum Gasteiger partial charge on any atom is 0.262 e. The number of H-pyrrole nitrogens is 1. The van der Waals surface area contributed by atoms with Crippen LogP contribution in [0.5, 0.6) is 0 Å². The van der Waals surface area contributed by atoms with Gasteiger partial charge in [-0.15, -0.1) is 0 Å². The fraction of sp³-hybridized carbons (Fsp3) is 0.182. The molecule has 6 nitrogen and oxygen atoms in total. The number of nitrogens with one attached hydrogen (secondary N) is 2. The van der Waals surface area contributed by atoms with E-state index in [2.05, 4.69) is 14.9 Å². The Morgan fingerprint density at radius 2 is 2.11 bits per heavy atom. The summed E-state index contributed by atoms with van der Waals surface area (Å²) >= 11 is 0. The van der Waals surface area contributed by atoms with Gasteiger partial charge in [-0.1, -0.05) is 0 Å². The standard InChI is InChI=1S/C11H13FN4O2S/c1-6-3-9(12)10(13)7(2)11(6)19(17,18)16-8-4-14-15-5-8/h3-5,16H,13H2,1-2H3,(H,14,15). The van der Waals surface area contributed by atoms with E-state index in [1.54, 1.807) is 0 Å². The van der Waals surface area contributed by atoms with Crippen LogP contribution in [0.3, 0.4) is 0 Å². The number of aromatic nitrogens is 2. The van der Waals surface area contributed by atoms with Crippen LogP contribution in [0, 0.1) is 19.7 Å². The van der Waals surface area contributed by atoms with Gasteiger partial charge < -0.3 is 5.73 Å². The van der Waals surface area contributed by atoms with Crippen molar-refractivity contribution in [3.63, 3.8) is 0 Å². The van der Waals surface area contributed by atoms with Crippen LogP contribution in [-0.2, 0) is 10.0 Å². The molecule has 8 heteroatoms. The Morgan fingerprint density at radius 3 is 2.68 bits per heavy atom. The van der Waals surface area contributed by atoms with Crippen LogP contribution in [0.2, 0.25) is 0 Å². The lowest BCUT2D eigenvalue weighted by Gasteiger charge is -2.14. The van der Waals surface area contributed by atoms with Gasteiger partial charge in [0.1, 0.15) is 5.82 Å². The minimum Gasteiger partial charge on any atom is -0.396 e. The number of hydrogen-bond donors (Lipinski definition) is 3. The smallest absolute Gasteiger partial charge is 0.262 e. The van der Waals surface area contributed by atoms with Crippen LogP contribution in [0.4, 0.5) is 15.8 Å². The van der Waals surface area contributed by atoms with E-state index in [0.717, 1.165) is 6.07 Å². The average Bonchev–Trinajstić information content (AvgIpc) is 2.77. The lowest BCUT2D eigenvalue weighted by Crippen LogP contribution is -2.16. The van der Waals surface area contributed by atoms with E-state index in [1.165, 1.54) is 26.2 Å². The first-order chi connectivity index (χ1) is 8.83. The first kappa shape index (κ1) is 13.3. The summed E-state index contributed by atoms with van der Waals surface area (Å²) in [5.74, 6) is -0.628. The molecule has 0 radical (unpaired) electrons. The molecule has 0 amide bonds. The van der Waals surface area contributed by atoms with Crippen molar-refractivity contribution in [1.29, 1.82) is 0 Å². The summed E-state index contributed by atoms with van der Waals surface area (Å²) in [6.07, 6.45) is 2.73. The van der Waals surface area contributed by atoms with E-state index in [4.69, 9.17) is 5.73 Å². The molecule has 1 heterocycles. The Bertz CT molecular complexity index is 711. The Kier molecular flexibility index (Phi) is 3.19. The molecule has 0 atom stereocenters. The molecule has 1 aromatic carbocycles. The number of benzene rings is 1. The lowest BCUT2D eigenvalue weighted by atomic mass is 10.1. The van der Waals surface area contributed by atoms with E-state index in [9.17, 15) is 12.8 Å². The topological polar surface area (TPSA) is 101 Å². The second kappa shape index (κ2) is 4.54. The third kappa shape index (κ3) is 2.39. The van der Waals surface area contributed by atoms with Crippen molar-refractivity contribution in [2.75, 3.05) is 10.5 Å². The first-order valence-corrected chi connectivity index (χ1v) is 6.88. The molecule has 0 saturated heterocycles. The molecule has 102 valence electrons. The van der Waals surface area contributed by atoms with Gasteiger partial charge in [0.2, 0.25) is 0 Å². The maximum absolute atomic E-state index is 13.4. The van der Waals surface area contributed by atoms with Gasteiger partial charge in [-0.2, -0.15) is 5.10 Å². The molecule has 2 rings (SSSR count). The summed E-state index contributed by atoms with van der Waals surface area (Å²) in [6, 6.07) is 1.10. The van der Waals surface area contributed by atoms with Crippen molar-refractivity contribution in [3.05, 3.63) is 35.4 Å². The predicted octanol–water partition coefficient (Wildman–Crippen LogP) is 1.55. The first-order valence-electron chi connectivity index (χ1n) is 5.39. The van der Waals surface area contributed by atoms with E-state index >= 15 is 0 Å². The van der Waals surface area contributed by atoms with Crippen molar-refractivity contribution >= 4 is 21.4 Å². The maximum atomic E-state index is 13.4. The Balaban J connectivity index is 2.55. The molecule has 4 N–H and O–H groups in total. The zero-order valence-corrected chi connectivity index (χ0v) is 11.2. The highest BCUT2D eigenvalue weighted by atomic mass is 32.2. The Hall–Kier alpha value is -2.09. The van der Waals surface area contributed by atoms with Gasteiger partial charge in [0, 0.05) is 6.20 Å². The number of hydrogen-bond acceptors (Lipinski definition) is 4. The third-order valence-corrected chi connectivity index (χ3v) is 4.39. The van der Waals surface area contributed by atoms with Gasteiger partial charge in [0.15, 0.2) is 0 Å². The summed E-state index contributed by atoms with van der Waals surface area (Å²) in [4.78, 5) is -0.0207. The number of nitrogens with two attached hydrogens (primary N) is 1. The summed E-state index contributed by atoms with van der Waals surface area (Å²) in [7, 11) is -3.84. The number of nitrogens with zero attached hydrogens (tertiary/aromatic N) is 1. The average molecular weight is 284 g/mol. The number of halogens is 1. The highest BCUT2D eigenvalue weighted by Crippen LogP contribution is 2.28. The van der Waals surface area contributed by atoms with Crippen LogP contribution in [0.1, 0.15) is 11.1 Å². The van der Waals surface area contributed by atoms with E-state index in [0.29, 0.717) is 11.3 Å². The van der Waals surface area contributed by atoms with Gasteiger partial charge in [0.25, 0.3) is 10.0 Å². The van der Waals surface area contributed by atoms with Crippen LogP contribution >= 0.6 is 0 Å². The molecule has 0 fully saturated rings. The van der Waals surface area contributed by atoms with Crippen LogP contribution in [0.15, 0.2) is 23.4 Å². The van der Waals surface area contributed by atoms with Gasteiger partial charge in [0.05, 0.1) is 22.5 Å². The molecule has 19 heavy (non-hydrogen) atoms. The second-order valence-electron chi connectivity index (χ2n) is 4.14. The zero-order valence-electron chi connectivity index (χ0n) is 10.4. The molecule has 0 aliphatic heterocycles. The van der Waals surface area contributed by atoms with Crippen LogP contribution in [-0.4, -0.2) is 18.6 Å². The third-order valence-electron chi connectivity index (χ3n) is 2.72. The van der Waals surface area contributed by atoms with Gasteiger partial charge in [-0.05, 0) is 31.0 Å². The van der Waals surface area contributed by atoms with Crippen LogP contribution < -0.4 is 10.5 Å². The molecule has 0 saturated carbocycles. The van der Waals surface area contributed by atoms with Crippen molar-refractivity contribution in [1.82, 2.24) is 10.2 Å². The van der Waals surface area contributed by atoms with Gasteiger partial charge in [-0.3, -0.25) is 9.82 Å². The molecule has 0 aliphatic carbocycles. The van der Waals surface area contributed by atoms with Crippen molar-refractivity contribution < 1.29 is 12.8 Å². The summed E-state index contributed by atoms with van der Waals surface area (Å²) in [6.45, 7) is 2.98. The normalized spacial score (nSPS) is 11.5. The number of nitrogen functional groups attached to an aromatic ring is 1. The minimum absolute atomic E-state index is 0.0207. The monoisotopic (exact) mass is 284 g/mol. The van der Waals surface area contributed by atoms with Gasteiger partial charge >= 0.3 is 0 Å². The summed E-state index contributed by atoms with van der Waals surface area (Å²) in [5, 5.41) is 6.13. The van der Waals surface area contributed by atoms with E-state index in [1.807, 2.05) is 0 Å². The van der Waals surface area contributed by atoms with Crippen molar-refractivity contribution in [3.8, 4) is 0 Å². The quantitative estimate of drug-likeness (QED) is 0.744. The zero-order chi connectivity index (χ0) is 14.2. The van der Waals surface area contributed by atoms with E-state index < -0.39 is 15.8 Å². The minimum atomic E-state index is -3.84. The molecule has 2 aromatic rings. The molecular formula is C11H13FN4O2S. The lowest BCUT2D eigenvalue weighted by molar-refractivity contribution is 0.598. The SMILES string of the molecule is Cc1cc(F)c(N)c(C)c1S(=O)(=O)Nc1cn[nH]c1. The number of anilines is 2. The van der Waals surface area contributed by atoms with Gasteiger partial charge in [-0.25, -0.2) is 12.8 Å². The highest BCUT2D eigenvalue weighted by molar-refractivity contribution is 7.92. The molecule has 1 aromatic heterocycles. The largest absolute Gasteiger partial charge is 0.396 e. The summed E-state index contributed by atoms with van der Waals surface area (Å²) < 4.78 is 40.3.